The summed E-state index contributed by atoms with van der Waals surface area (Å²) >= 11 is 0. The lowest BCUT2D eigenvalue weighted by Gasteiger charge is -2.28. The molecule has 1 atom stereocenters. The third-order valence-electron chi connectivity index (χ3n) is 6.84. The van der Waals surface area contributed by atoms with Crippen molar-refractivity contribution in [1.82, 2.24) is 30.8 Å². The first-order chi connectivity index (χ1) is 16.7. The average Bonchev–Trinajstić information content (AvgIpc) is 3.51. The van der Waals surface area contributed by atoms with Crippen molar-refractivity contribution in [1.29, 1.82) is 0 Å². The molecule has 1 amide bonds. The molecule has 2 saturated heterocycles. The van der Waals surface area contributed by atoms with Crippen molar-refractivity contribution in [3.63, 3.8) is 0 Å². The summed E-state index contributed by atoms with van der Waals surface area (Å²) < 4.78 is 5.47. The van der Waals surface area contributed by atoms with Crippen LogP contribution in [0.5, 0.6) is 0 Å². The molecule has 2 aliphatic heterocycles. The van der Waals surface area contributed by atoms with Crippen LogP contribution in [0.15, 0.2) is 36.4 Å². The predicted octanol–water partition coefficient (Wildman–Crippen LogP) is 2.67. The van der Waals surface area contributed by atoms with Crippen LogP contribution in [0.1, 0.15) is 23.2 Å². The number of aromatic nitrogens is 4. The quantitative estimate of drug-likeness (QED) is 0.365. The number of anilines is 1. The highest BCUT2D eigenvalue weighted by molar-refractivity contribution is 6.01. The number of ether oxygens (including phenoxy) is 1. The molecule has 176 valence electrons. The van der Waals surface area contributed by atoms with Gasteiger partial charge in [-0.15, -0.1) is 0 Å². The van der Waals surface area contributed by atoms with Gasteiger partial charge in [0.2, 0.25) is 0 Å². The molecule has 0 saturated carbocycles. The fraction of sp³-hybridized carbons (Fsp3) is 0.400. The molecule has 6 rings (SSSR count). The van der Waals surface area contributed by atoms with Gasteiger partial charge in [0.25, 0.3) is 5.91 Å². The lowest BCUT2D eigenvalue weighted by molar-refractivity contribution is 0.0945. The zero-order valence-electron chi connectivity index (χ0n) is 19.1. The average molecular weight is 460 g/mol. The summed E-state index contributed by atoms with van der Waals surface area (Å²) in [5.41, 5.74) is 5.22. The number of amides is 1. The van der Waals surface area contributed by atoms with Crippen LogP contribution in [0.25, 0.3) is 33.5 Å². The van der Waals surface area contributed by atoms with Crippen molar-refractivity contribution < 1.29 is 9.53 Å². The maximum absolute atomic E-state index is 12.8. The fourth-order valence-corrected chi connectivity index (χ4v) is 4.90. The molecule has 0 spiro atoms. The normalized spacial score (nSPS) is 19.1. The summed E-state index contributed by atoms with van der Waals surface area (Å²) in [4.78, 5) is 23.4. The van der Waals surface area contributed by atoms with Gasteiger partial charge in [0.15, 0.2) is 5.82 Å². The van der Waals surface area contributed by atoms with Crippen molar-refractivity contribution >= 4 is 33.5 Å². The van der Waals surface area contributed by atoms with Gasteiger partial charge in [-0.2, -0.15) is 5.10 Å². The van der Waals surface area contributed by atoms with Gasteiger partial charge in [-0.05, 0) is 68.2 Å². The van der Waals surface area contributed by atoms with E-state index in [0.717, 1.165) is 79.9 Å². The maximum Gasteiger partial charge on any atom is 0.251 e. The molecule has 2 aromatic carbocycles. The van der Waals surface area contributed by atoms with E-state index < -0.39 is 0 Å². The predicted molar refractivity (Wildman–Crippen MR) is 132 cm³/mol. The van der Waals surface area contributed by atoms with Crippen LogP contribution in [0, 0.1) is 5.92 Å². The van der Waals surface area contributed by atoms with Crippen LogP contribution in [0.3, 0.4) is 0 Å². The molecule has 2 fully saturated rings. The lowest BCUT2D eigenvalue weighted by Crippen LogP contribution is -2.38. The summed E-state index contributed by atoms with van der Waals surface area (Å²) in [6, 6.07) is 11.9. The topological polar surface area (TPSA) is 111 Å². The molecule has 4 N–H and O–H groups in total. The van der Waals surface area contributed by atoms with E-state index >= 15 is 0 Å². The Hall–Kier alpha value is -3.43. The summed E-state index contributed by atoms with van der Waals surface area (Å²) in [6.07, 6.45) is 2.31. The van der Waals surface area contributed by atoms with Gasteiger partial charge in [0, 0.05) is 36.3 Å². The number of H-pyrrole nitrogens is 2. The van der Waals surface area contributed by atoms with Crippen molar-refractivity contribution in [3.05, 3.63) is 42.0 Å². The van der Waals surface area contributed by atoms with E-state index in [4.69, 9.17) is 9.72 Å². The van der Waals surface area contributed by atoms with E-state index in [1.54, 1.807) is 0 Å². The van der Waals surface area contributed by atoms with Gasteiger partial charge in [0.05, 0.1) is 29.8 Å². The van der Waals surface area contributed by atoms with Gasteiger partial charge in [0.1, 0.15) is 5.69 Å². The monoisotopic (exact) mass is 459 g/mol. The number of hydrogen-bond acceptors (Lipinski definition) is 6. The number of morpholine rings is 1. The molecular weight excluding hydrogens is 430 g/mol. The molecule has 9 nitrogen and oxygen atoms in total. The smallest absolute Gasteiger partial charge is 0.251 e. The Morgan fingerprint density at radius 1 is 1.15 bits per heavy atom. The standard InChI is InChI=1S/C25H29N7O2/c33-25(27-15-16-2-1-7-26-14-16)17-3-5-20-19(12-17)23(31-30-20)24-28-21-6-4-18(13-22(21)29-24)32-8-10-34-11-9-32/h3-6,12-13,16,26H,1-2,7-11,14-15H2,(H,27,33)(H,28,29)(H,30,31). The van der Waals surface area contributed by atoms with E-state index in [9.17, 15) is 4.79 Å². The molecule has 0 bridgehead atoms. The molecule has 2 aliphatic rings. The number of nitrogens with zero attached hydrogens (tertiary/aromatic N) is 3. The molecule has 4 heterocycles. The number of piperidine rings is 1. The third kappa shape index (κ3) is 4.12. The number of aromatic amines is 2. The Morgan fingerprint density at radius 2 is 2.06 bits per heavy atom. The van der Waals surface area contributed by atoms with Crippen LogP contribution >= 0.6 is 0 Å². The summed E-state index contributed by atoms with van der Waals surface area (Å²) in [5.74, 6) is 1.12. The minimum absolute atomic E-state index is 0.0561. The minimum atomic E-state index is -0.0561. The number of carbonyl (C=O) groups is 1. The largest absolute Gasteiger partial charge is 0.378 e. The second kappa shape index (κ2) is 9.08. The van der Waals surface area contributed by atoms with Gasteiger partial charge in [-0.1, -0.05) is 0 Å². The zero-order valence-corrected chi connectivity index (χ0v) is 19.1. The van der Waals surface area contributed by atoms with E-state index in [2.05, 4.69) is 42.8 Å². The summed E-state index contributed by atoms with van der Waals surface area (Å²) in [7, 11) is 0. The maximum atomic E-state index is 12.8. The Morgan fingerprint density at radius 3 is 2.91 bits per heavy atom. The molecule has 2 aromatic heterocycles. The van der Waals surface area contributed by atoms with E-state index in [1.165, 1.54) is 0 Å². The third-order valence-corrected chi connectivity index (χ3v) is 6.84. The number of benzene rings is 2. The summed E-state index contributed by atoms with van der Waals surface area (Å²) in [5, 5.41) is 14.9. The van der Waals surface area contributed by atoms with Crippen molar-refractivity contribution in [3.8, 4) is 11.5 Å². The number of fused-ring (bicyclic) bond motifs is 2. The van der Waals surface area contributed by atoms with Crippen molar-refractivity contribution in [2.75, 3.05) is 50.8 Å². The Kier molecular flexibility index (Phi) is 5.64. The second-order valence-electron chi connectivity index (χ2n) is 9.14. The van der Waals surface area contributed by atoms with Crippen molar-refractivity contribution in [2.24, 2.45) is 5.92 Å². The molecular formula is C25H29N7O2. The van der Waals surface area contributed by atoms with Crippen LogP contribution in [-0.2, 0) is 4.74 Å². The van der Waals surface area contributed by atoms with E-state index in [1.807, 2.05) is 24.3 Å². The van der Waals surface area contributed by atoms with Gasteiger partial charge in [-0.3, -0.25) is 9.89 Å². The number of rotatable bonds is 5. The minimum Gasteiger partial charge on any atom is -0.378 e. The highest BCUT2D eigenvalue weighted by Gasteiger charge is 2.18. The molecule has 0 radical (unpaired) electrons. The Balaban J connectivity index is 1.25. The fourth-order valence-electron chi connectivity index (χ4n) is 4.90. The van der Waals surface area contributed by atoms with Crippen LogP contribution < -0.4 is 15.5 Å². The Labute approximate surface area is 197 Å². The first-order valence-electron chi connectivity index (χ1n) is 12.0. The van der Waals surface area contributed by atoms with Gasteiger partial charge >= 0.3 is 0 Å². The molecule has 34 heavy (non-hydrogen) atoms. The highest BCUT2D eigenvalue weighted by atomic mass is 16.5. The SMILES string of the molecule is O=C(NCC1CCCNC1)c1ccc2[nH]nc(-c3nc4ccc(N5CCOCC5)cc4[nH]3)c2c1. The molecule has 0 aliphatic carbocycles. The number of hydrogen-bond donors (Lipinski definition) is 4. The van der Waals surface area contributed by atoms with E-state index in [0.29, 0.717) is 29.5 Å². The second-order valence-corrected chi connectivity index (χ2v) is 9.14. The lowest BCUT2D eigenvalue weighted by atomic mass is 9.99. The highest BCUT2D eigenvalue weighted by Crippen LogP contribution is 2.29. The number of carbonyl (C=O) groups excluding carboxylic acids is 1. The first kappa shape index (κ1) is 21.1. The van der Waals surface area contributed by atoms with Crippen LogP contribution in [-0.4, -0.2) is 72.0 Å². The molecule has 4 aromatic rings. The van der Waals surface area contributed by atoms with Gasteiger partial charge < -0.3 is 25.3 Å². The summed E-state index contributed by atoms with van der Waals surface area (Å²) in [6.45, 7) is 6.00. The van der Waals surface area contributed by atoms with E-state index in [-0.39, 0.29) is 5.91 Å². The number of imidazole rings is 1. The van der Waals surface area contributed by atoms with Gasteiger partial charge in [-0.25, -0.2) is 4.98 Å². The zero-order chi connectivity index (χ0) is 22.9. The first-order valence-corrected chi connectivity index (χ1v) is 12.0. The molecule has 1 unspecified atom stereocenters. The van der Waals surface area contributed by atoms with Crippen LogP contribution in [0.2, 0.25) is 0 Å². The van der Waals surface area contributed by atoms with Crippen molar-refractivity contribution in [2.45, 2.75) is 12.8 Å². The number of nitrogens with one attached hydrogen (secondary N) is 4. The van der Waals surface area contributed by atoms with Crippen LogP contribution in [0.4, 0.5) is 5.69 Å². The Bertz CT molecular complexity index is 1320. The molecule has 9 heteroatoms.